The molecule has 1 unspecified atom stereocenters. The summed E-state index contributed by atoms with van der Waals surface area (Å²) in [4.78, 5) is 50.4. The molecule has 4 aromatic rings. The lowest BCUT2D eigenvalue weighted by molar-refractivity contribution is -0.138. The number of carboxylic acid groups (broad SMARTS) is 1. The molecular weight excluding hydrogens is 516 g/mol. The van der Waals surface area contributed by atoms with Gasteiger partial charge in [-0.3, -0.25) is 18.5 Å². The first-order chi connectivity index (χ1) is 17.8. The number of hydrogen-bond donors (Lipinski definition) is 1. The molecule has 2 aromatic carbocycles. The fraction of sp³-hybridized carbons (Fsp3) is 0.250. The van der Waals surface area contributed by atoms with E-state index in [0.29, 0.717) is 21.7 Å². The van der Waals surface area contributed by atoms with Gasteiger partial charge in [0, 0.05) is 14.1 Å². The Bertz CT molecular complexity index is 1830. The number of ether oxygens (including phenoxy) is 1. The Labute approximate surface area is 209 Å². The minimum Gasteiger partial charge on any atom is -0.449 e. The highest BCUT2D eigenvalue weighted by atomic mass is 19.4. The van der Waals surface area contributed by atoms with Gasteiger partial charge in [0.2, 0.25) is 5.75 Å². The fourth-order valence-electron chi connectivity index (χ4n) is 5.01. The van der Waals surface area contributed by atoms with E-state index in [9.17, 15) is 36.7 Å². The number of alkyl halides is 3. The number of carbonyl (C=O) groups is 1. The number of fused-ring (bicyclic) bond motifs is 2. The van der Waals surface area contributed by atoms with Crippen LogP contribution in [-0.4, -0.2) is 29.5 Å². The lowest BCUT2D eigenvalue weighted by Crippen LogP contribution is -2.42. The van der Waals surface area contributed by atoms with Crippen LogP contribution in [0.2, 0.25) is 0 Å². The Balaban J connectivity index is 1.78. The van der Waals surface area contributed by atoms with E-state index in [0.717, 1.165) is 16.8 Å². The average molecular weight is 534 g/mol. The summed E-state index contributed by atoms with van der Waals surface area (Å²) >= 11 is 0. The molecule has 0 radical (unpaired) electrons. The molecule has 0 spiro atoms. The first-order valence-corrected chi connectivity index (χ1v) is 11.1. The van der Waals surface area contributed by atoms with Crippen molar-refractivity contribution in [1.29, 1.82) is 0 Å². The highest BCUT2D eigenvalue weighted by molar-refractivity contribution is 5.78. The van der Waals surface area contributed by atoms with Gasteiger partial charge in [0.15, 0.2) is 0 Å². The topological polar surface area (TPSA) is 117 Å². The zero-order valence-electron chi connectivity index (χ0n) is 19.7. The van der Waals surface area contributed by atoms with E-state index in [1.165, 1.54) is 34.4 Å². The van der Waals surface area contributed by atoms with Gasteiger partial charge in [0.1, 0.15) is 5.82 Å². The normalized spacial score (nSPS) is 15.2. The van der Waals surface area contributed by atoms with E-state index in [4.69, 9.17) is 5.11 Å². The summed E-state index contributed by atoms with van der Waals surface area (Å²) in [5.74, 6) is -2.00. The van der Waals surface area contributed by atoms with Crippen molar-refractivity contribution >= 4 is 17.2 Å². The quantitative estimate of drug-likeness (QED) is 0.319. The highest BCUT2D eigenvalue weighted by Gasteiger charge is 2.39. The van der Waals surface area contributed by atoms with E-state index >= 15 is 0 Å². The van der Waals surface area contributed by atoms with E-state index in [-0.39, 0.29) is 35.3 Å². The molecule has 0 aliphatic heterocycles. The van der Waals surface area contributed by atoms with Crippen molar-refractivity contribution in [2.75, 3.05) is 0 Å². The second-order valence-electron chi connectivity index (χ2n) is 8.84. The maximum atomic E-state index is 14.3. The van der Waals surface area contributed by atoms with Crippen LogP contribution in [0.1, 0.15) is 29.2 Å². The Morgan fingerprint density at radius 3 is 2.37 bits per heavy atom. The van der Waals surface area contributed by atoms with Crippen LogP contribution >= 0.6 is 0 Å². The van der Waals surface area contributed by atoms with Gasteiger partial charge in [-0.05, 0) is 54.3 Å². The van der Waals surface area contributed by atoms with Crippen molar-refractivity contribution in [3.63, 3.8) is 0 Å². The molecule has 198 valence electrons. The Kier molecular flexibility index (Phi) is 5.58. The summed E-state index contributed by atoms with van der Waals surface area (Å²) in [5, 5.41) is 9.14. The Hall–Kier alpha value is -4.62. The smallest absolute Gasteiger partial charge is 0.449 e. The van der Waals surface area contributed by atoms with Gasteiger partial charge in [-0.15, -0.1) is 0 Å². The first kappa shape index (κ1) is 25.0. The molecule has 5 rings (SSSR count). The van der Waals surface area contributed by atoms with Crippen molar-refractivity contribution < 1.29 is 32.2 Å². The van der Waals surface area contributed by atoms with Gasteiger partial charge >= 0.3 is 23.7 Å². The van der Waals surface area contributed by atoms with Crippen LogP contribution in [0.4, 0.5) is 22.4 Å². The summed E-state index contributed by atoms with van der Waals surface area (Å²) < 4.78 is 63.7. The Morgan fingerprint density at radius 2 is 1.71 bits per heavy atom. The molecule has 2 heterocycles. The lowest BCUT2D eigenvalue weighted by Gasteiger charge is -2.19. The highest BCUT2D eigenvalue weighted by Crippen LogP contribution is 2.42. The van der Waals surface area contributed by atoms with Crippen molar-refractivity contribution in [3.05, 3.63) is 90.4 Å². The number of nitrogens with zero attached hydrogens (tertiary/aromatic N) is 4. The number of halogens is 4. The maximum Gasteiger partial charge on any atom is 0.511 e. The van der Waals surface area contributed by atoms with Crippen LogP contribution in [0.3, 0.4) is 0 Å². The second kappa shape index (κ2) is 8.46. The van der Waals surface area contributed by atoms with Crippen molar-refractivity contribution in [3.8, 4) is 11.4 Å². The van der Waals surface area contributed by atoms with Gasteiger partial charge < -0.3 is 9.84 Å². The molecule has 2 aromatic heterocycles. The molecule has 0 amide bonds. The third-order valence-electron chi connectivity index (χ3n) is 6.71. The fourth-order valence-corrected chi connectivity index (χ4v) is 5.01. The van der Waals surface area contributed by atoms with Crippen molar-refractivity contribution in [2.24, 2.45) is 14.1 Å². The SMILES string of the molecule is Cn1c(=O)n(C)c2cc(-n3cc(OC(=O)O)c(=O)n(C4CCc5c4cc(F)cc5C(F)(F)F)c3=O)ccc21. The van der Waals surface area contributed by atoms with Gasteiger partial charge in [0.05, 0.1) is 34.5 Å². The molecular formula is C24H18F4N4O6. The number of aromatic nitrogens is 4. The number of rotatable bonds is 3. The predicted octanol–water partition coefficient (Wildman–Crippen LogP) is 2.94. The molecule has 0 bridgehead atoms. The van der Waals surface area contributed by atoms with Crippen LogP contribution in [0.25, 0.3) is 16.7 Å². The van der Waals surface area contributed by atoms with E-state index in [1.54, 1.807) is 7.05 Å². The Morgan fingerprint density at radius 1 is 1.03 bits per heavy atom. The molecule has 1 atom stereocenters. The molecule has 1 aliphatic rings. The lowest BCUT2D eigenvalue weighted by atomic mass is 10.0. The molecule has 38 heavy (non-hydrogen) atoms. The number of hydrogen-bond acceptors (Lipinski definition) is 5. The standard InChI is InChI=1S/C24H18F4N4O6/c1-29-17-5-3-12(9-18(17)30(2)21(29)34)31-10-19(38-23(36)37)20(33)32(22(31)35)16-6-4-13-14(16)7-11(25)8-15(13)24(26,27)28/h3,5,7-10,16H,4,6H2,1-2H3,(H,36,37). The zero-order valence-corrected chi connectivity index (χ0v) is 19.7. The van der Waals surface area contributed by atoms with Crippen molar-refractivity contribution in [2.45, 2.75) is 25.1 Å². The molecule has 10 nitrogen and oxygen atoms in total. The minimum absolute atomic E-state index is 0.112. The molecule has 0 saturated carbocycles. The van der Waals surface area contributed by atoms with Gasteiger partial charge in [0.25, 0.3) is 5.56 Å². The number of imidazole rings is 1. The summed E-state index contributed by atoms with van der Waals surface area (Å²) in [7, 11) is 3.04. The largest absolute Gasteiger partial charge is 0.511 e. The van der Waals surface area contributed by atoms with E-state index < -0.39 is 46.8 Å². The predicted molar refractivity (Wildman–Crippen MR) is 125 cm³/mol. The molecule has 14 heteroatoms. The van der Waals surface area contributed by atoms with Gasteiger partial charge in [-0.2, -0.15) is 13.2 Å². The summed E-state index contributed by atoms with van der Waals surface area (Å²) in [6.07, 6.45) is -6.25. The molecule has 1 N–H and O–H groups in total. The monoisotopic (exact) mass is 534 g/mol. The average Bonchev–Trinajstić information content (AvgIpc) is 3.34. The summed E-state index contributed by atoms with van der Waals surface area (Å²) in [6.45, 7) is 0. The van der Waals surface area contributed by atoms with Crippen LogP contribution in [0, 0.1) is 5.82 Å². The maximum absolute atomic E-state index is 14.3. The van der Waals surface area contributed by atoms with Crippen LogP contribution in [0.15, 0.2) is 50.9 Å². The van der Waals surface area contributed by atoms with Gasteiger partial charge in [-0.1, -0.05) is 0 Å². The van der Waals surface area contributed by atoms with Gasteiger partial charge in [-0.25, -0.2) is 23.3 Å². The number of benzene rings is 2. The summed E-state index contributed by atoms with van der Waals surface area (Å²) in [6, 6.07) is 4.27. The molecule has 0 fully saturated rings. The first-order valence-electron chi connectivity index (χ1n) is 11.1. The third kappa shape index (κ3) is 3.79. The van der Waals surface area contributed by atoms with Crippen LogP contribution < -0.4 is 21.7 Å². The minimum atomic E-state index is -4.87. The summed E-state index contributed by atoms with van der Waals surface area (Å²) in [5.41, 5.74) is -3.23. The molecule has 1 aliphatic carbocycles. The zero-order chi connectivity index (χ0) is 27.7. The second-order valence-corrected chi connectivity index (χ2v) is 8.84. The van der Waals surface area contributed by atoms with Crippen molar-refractivity contribution in [1.82, 2.24) is 18.3 Å². The third-order valence-corrected chi connectivity index (χ3v) is 6.71. The van der Waals surface area contributed by atoms with E-state index in [1.807, 2.05) is 0 Å². The van der Waals surface area contributed by atoms with Crippen LogP contribution in [0.5, 0.6) is 5.75 Å². The van der Waals surface area contributed by atoms with E-state index in [2.05, 4.69) is 4.74 Å². The molecule has 0 saturated heterocycles. The van der Waals surface area contributed by atoms with Crippen LogP contribution in [-0.2, 0) is 26.7 Å². The number of aryl methyl sites for hydroxylation is 2.